The molecule has 0 aliphatic carbocycles. The Bertz CT molecular complexity index is 481. The molecule has 14 heavy (non-hydrogen) atoms. The van der Waals surface area contributed by atoms with E-state index >= 15 is 0 Å². The molecule has 0 saturated carbocycles. The second-order valence-electron chi connectivity index (χ2n) is 3.11. The van der Waals surface area contributed by atoms with Gasteiger partial charge in [-0.2, -0.15) is 0 Å². The SMILES string of the molecule is Cc1c(Cl)cc(B(O)O)c2ccsc12. The van der Waals surface area contributed by atoms with Crippen LogP contribution in [-0.4, -0.2) is 17.2 Å². The Morgan fingerprint density at radius 2 is 2.14 bits per heavy atom. The van der Waals surface area contributed by atoms with Crippen LogP contribution in [-0.2, 0) is 0 Å². The quantitative estimate of drug-likeness (QED) is 0.724. The van der Waals surface area contributed by atoms with Crippen molar-refractivity contribution in [2.45, 2.75) is 6.92 Å². The predicted molar refractivity (Wildman–Crippen MR) is 61.4 cm³/mol. The lowest BCUT2D eigenvalue weighted by atomic mass is 9.78. The molecule has 0 bridgehead atoms. The highest BCUT2D eigenvalue weighted by molar-refractivity contribution is 7.17. The zero-order valence-electron chi connectivity index (χ0n) is 7.49. The van der Waals surface area contributed by atoms with Crippen molar-refractivity contribution in [3.8, 4) is 0 Å². The average molecular weight is 226 g/mol. The van der Waals surface area contributed by atoms with Gasteiger partial charge in [0.05, 0.1) is 0 Å². The lowest BCUT2D eigenvalue weighted by molar-refractivity contribution is 0.426. The zero-order chi connectivity index (χ0) is 10.3. The number of thiophene rings is 1. The van der Waals surface area contributed by atoms with Crippen LogP contribution in [0.25, 0.3) is 10.1 Å². The van der Waals surface area contributed by atoms with Gasteiger partial charge in [0.15, 0.2) is 0 Å². The van der Waals surface area contributed by atoms with Crippen molar-refractivity contribution in [3.05, 3.63) is 28.1 Å². The predicted octanol–water partition coefficient (Wildman–Crippen LogP) is 1.54. The fraction of sp³-hybridized carbons (Fsp3) is 0.111. The van der Waals surface area contributed by atoms with Crippen molar-refractivity contribution in [1.82, 2.24) is 0 Å². The van der Waals surface area contributed by atoms with E-state index in [4.69, 9.17) is 21.6 Å². The first-order valence-electron chi connectivity index (χ1n) is 4.13. The molecule has 0 aliphatic rings. The van der Waals surface area contributed by atoms with Gasteiger partial charge in [0.2, 0.25) is 0 Å². The van der Waals surface area contributed by atoms with Crippen LogP contribution >= 0.6 is 22.9 Å². The number of hydrogen-bond acceptors (Lipinski definition) is 3. The summed E-state index contributed by atoms with van der Waals surface area (Å²) in [5, 5.41) is 21.7. The molecule has 0 aliphatic heterocycles. The third-order valence-corrected chi connectivity index (χ3v) is 3.66. The number of hydrogen-bond donors (Lipinski definition) is 2. The average Bonchev–Trinajstić information content (AvgIpc) is 2.59. The zero-order valence-corrected chi connectivity index (χ0v) is 9.06. The van der Waals surface area contributed by atoms with Crippen LogP contribution in [0.15, 0.2) is 17.5 Å². The number of rotatable bonds is 1. The van der Waals surface area contributed by atoms with Crippen LogP contribution in [0.3, 0.4) is 0 Å². The second kappa shape index (κ2) is 3.55. The Labute approximate surface area is 90.9 Å². The maximum Gasteiger partial charge on any atom is 0.489 e. The highest BCUT2D eigenvalue weighted by Gasteiger charge is 2.18. The van der Waals surface area contributed by atoms with E-state index in [0.717, 1.165) is 15.6 Å². The molecule has 72 valence electrons. The maximum atomic E-state index is 9.16. The molecule has 0 amide bonds. The molecule has 2 rings (SSSR count). The highest BCUT2D eigenvalue weighted by atomic mass is 35.5. The minimum Gasteiger partial charge on any atom is -0.423 e. The smallest absolute Gasteiger partial charge is 0.423 e. The number of fused-ring (bicyclic) bond motifs is 1. The Morgan fingerprint density at radius 1 is 1.43 bits per heavy atom. The number of halogens is 1. The van der Waals surface area contributed by atoms with Gasteiger partial charge in [-0.25, -0.2) is 0 Å². The lowest BCUT2D eigenvalue weighted by Gasteiger charge is -2.06. The standard InChI is InChI=1S/C9H8BClO2S/c1-5-8(11)4-7(10(12)13)6-2-3-14-9(5)6/h2-4,12-13H,1H3. The first-order chi connectivity index (χ1) is 6.61. The Morgan fingerprint density at radius 3 is 2.79 bits per heavy atom. The van der Waals surface area contributed by atoms with Gasteiger partial charge in [0.1, 0.15) is 0 Å². The summed E-state index contributed by atoms with van der Waals surface area (Å²) in [5.74, 6) is 0. The van der Waals surface area contributed by atoms with E-state index in [-0.39, 0.29) is 0 Å². The highest BCUT2D eigenvalue weighted by Crippen LogP contribution is 2.28. The topological polar surface area (TPSA) is 40.5 Å². The van der Waals surface area contributed by atoms with Gasteiger partial charge in [0, 0.05) is 9.72 Å². The van der Waals surface area contributed by atoms with Gasteiger partial charge in [-0.15, -0.1) is 11.3 Å². The van der Waals surface area contributed by atoms with E-state index in [1.165, 1.54) is 0 Å². The summed E-state index contributed by atoms with van der Waals surface area (Å²) in [5.41, 5.74) is 1.46. The molecular weight excluding hydrogens is 218 g/mol. The molecule has 1 aromatic heterocycles. The molecule has 2 nitrogen and oxygen atoms in total. The molecule has 2 N–H and O–H groups in total. The van der Waals surface area contributed by atoms with Crippen LogP contribution in [0, 0.1) is 6.92 Å². The van der Waals surface area contributed by atoms with Crippen molar-refractivity contribution >= 4 is 45.6 Å². The van der Waals surface area contributed by atoms with Gasteiger partial charge >= 0.3 is 7.12 Å². The van der Waals surface area contributed by atoms with Crippen molar-refractivity contribution < 1.29 is 10.0 Å². The third kappa shape index (κ3) is 1.44. The minimum absolute atomic E-state index is 0.469. The molecule has 0 fully saturated rings. The van der Waals surface area contributed by atoms with Gasteiger partial charge < -0.3 is 10.0 Å². The van der Waals surface area contributed by atoms with Gasteiger partial charge in [-0.05, 0) is 40.8 Å². The van der Waals surface area contributed by atoms with Crippen LogP contribution < -0.4 is 5.46 Å². The van der Waals surface area contributed by atoms with Crippen molar-refractivity contribution in [2.24, 2.45) is 0 Å². The van der Waals surface area contributed by atoms with Gasteiger partial charge in [-0.3, -0.25) is 0 Å². The van der Waals surface area contributed by atoms with E-state index in [0.29, 0.717) is 10.5 Å². The molecule has 2 aromatic rings. The Hall–Kier alpha value is -0.545. The molecule has 5 heteroatoms. The van der Waals surface area contributed by atoms with Gasteiger partial charge in [-0.1, -0.05) is 11.6 Å². The maximum absolute atomic E-state index is 9.16. The fourth-order valence-electron chi connectivity index (χ4n) is 1.47. The van der Waals surface area contributed by atoms with Crippen molar-refractivity contribution in [3.63, 3.8) is 0 Å². The fourth-order valence-corrected chi connectivity index (χ4v) is 2.68. The summed E-state index contributed by atoms with van der Waals surface area (Å²) in [6.07, 6.45) is 0. The molecule has 0 saturated heterocycles. The Kier molecular flexibility index (Phi) is 2.53. The van der Waals surface area contributed by atoms with Crippen molar-refractivity contribution in [1.29, 1.82) is 0 Å². The second-order valence-corrected chi connectivity index (χ2v) is 4.43. The summed E-state index contributed by atoms with van der Waals surface area (Å²) in [4.78, 5) is 0. The Balaban J connectivity index is 2.84. The van der Waals surface area contributed by atoms with Crippen molar-refractivity contribution in [2.75, 3.05) is 0 Å². The molecule has 0 atom stereocenters. The summed E-state index contributed by atoms with van der Waals surface area (Å²) >= 11 is 7.53. The minimum atomic E-state index is -1.47. The van der Waals surface area contributed by atoms with E-state index in [2.05, 4.69) is 0 Å². The van der Waals surface area contributed by atoms with Gasteiger partial charge in [0.25, 0.3) is 0 Å². The van der Waals surface area contributed by atoms with Crippen LogP contribution in [0.4, 0.5) is 0 Å². The van der Waals surface area contributed by atoms with Crippen LogP contribution in [0.2, 0.25) is 5.02 Å². The van der Waals surface area contributed by atoms with E-state index in [9.17, 15) is 0 Å². The summed E-state index contributed by atoms with van der Waals surface area (Å²) in [7, 11) is -1.47. The molecular formula is C9H8BClO2S. The lowest BCUT2D eigenvalue weighted by Crippen LogP contribution is -2.30. The van der Waals surface area contributed by atoms with E-state index in [1.54, 1.807) is 17.4 Å². The van der Waals surface area contributed by atoms with E-state index in [1.807, 2.05) is 18.4 Å². The summed E-state index contributed by atoms with van der Waals surface area (Å²) in [6.45, 7) is 1.93. The first-order valence-corrected chi connectivity index (χ1v) is 5.39. The summed E-state index contributed by atoms with van der Waals surface area (Å²) in [6, 6.07) is 3.48. The normalized spacial score (nSPS) is 10.9. The summed E-state index contributed by atoms with van der Waals surface area (Å²) < 4.78 is 1.01. The number of benzene rings is 1. The molecule has 1 heterocycles. The first kappa shape index (κ1) is 9.99. The monoisotopic (exact) mass is 226 g/mol. The molecule has 1 aromatic carbocycles. The van der Waals surface area contributed by atoms with Crippen LogP contribution in [0.5, 0.6) is 0 Å². The number of aryl methyl sites for hydroxylation is 1. The van der Waals surface area contributed by atoms with E-state index < -0.39 is 7.12 Å². The molecule has 0 radical (unpaired) electrons. The molecule has 0 spiro atoms. The van der Waals surface area contributed by atoms with Crippen LogP contribution in [0.1, 0.15) is 5.56 Å². The molecule has 0 unspecified atom stereocenters. The largest absolute Gasteiger partial charge is 0.489 e. The third-order valence-electron chi connectivity index (χ3n) is 2.24.